The first kappa shape index (κ1) is 32.0. The van der Waals surface area contributed by atoms with Crippen LogP contribution in [0.5, 0.6) is 5.75 Å². The molecule has 41 heavy (non-hydrogen) atoms. The van der Waals surface area contributed by atoms with Crippen molar-refractivity contribution >= 4 is 37.4 Å². The molecule has 1 aromatic carbocycles. The SMILES string of the molecule is CC[C@@H](C)CNC(=O)[C@@H]1CCCN2C(=O)CC[C@H](NC(=O)[C@H](Cc3ccc(OP(=O)(O)O)cc3)NC(C)=O)C(=O)N12. The lowest BCUT2D eigenvalue weighted by Gasteiger charge is -2.43. The van der Waals surface area contributed by atoms with E-state index in [9.17, 15) is 28.5 Å². The lowest BCUT2D eigenvalue weighted by molar-refractivity contribution is -0.176. The van der Waals surface area contributed by atoms with Gasteiger partial charge in [0.1, 0.15) is 23.9 Å². The van der Waals surface area contributed by atoms with Crippen LogP contribution in [0.1, 0.15) is 58.4 Å². The van der Waals surface area contributed by atoms with Gasteiger partial charge in [0, 0.05) is 32.9 Å². The van der Waals surface area contributed by atoms with E-state index in [-0.39, 0.29) is 49.3 Å². The summed E-state index contributed by atoms with van der Waals surface area (Å²) in [7, 11) is -4.74. The highest BCUT2D eigenvalue weighted by molar-refractivity contribution is 7.46. The van der Waals surface area contributed by atoms with Gasteiger partial charge in [0.25, 0.3) is 5.91 Å². The van der Waals surface area contributed by atoms with Crippen LogP contribution in [-0.2, 0) is 35.0 Å². The molecule has 2 fully saturated rings. The zero-order valence-electron chi connectivity index (χ0n) is 23.4. The second-order valence-corrected chi connectivity index (χ2v) is 11.6. The molecule has 0 bridgehead atoms. The minimum atomic E-state index is -4.74. The average molecular weight is 596 g/mol. The topological polar surface area (TPSA) is 195 Å². The number of carbonyl (C=O) groups excluding carboxylic acids is 5. The molecule has 0 spiro atoms. The van der Waals surface area contributed by atoms with Crippen LogP contribution in [-0.4, -0.2) is 80.6 Å². The summed E-state index contributed by atoms with van der Waals surface area (Å²) in [4.78, 5) is 82.8. The molecular weight excluding hydrogens is 557 g/mol. The zero-order valence-corrected chi connectivity index (χ0v) is 24.3. The fraction of sp³-hybridized carbons (Fsp3) is 0.577. The number of hydrogen-bond donors (Lipinski definition) is 5. The summed E-state index contributed by atoms with van der Waals surface area (Å²) in [6, 6.07) is 2.51. The third-order valence-corrected chi connectivity index (χ3v) is 7.53. The van der Waals surface area contributed by atoms with Gasteiger partial charge in [0.15, 0.2) is 0 Å². The van der Waals surface area contributed by atoms with Crippen molar-refractivity contribution in [2.45, 2.75) is 77.4 Å². The maximum absolute atomic E-state index is 13.7. The van der Waals surface area contributed by atoms with Crippen LogP contribution < -0.4 is 20.5 Å². The van der Waals surface area contributed by atoms with Crippen LogP contribution in [0.15, 0.2) is 24.3 Å². The summed E-state index contributed by atoms with van der Waals surface area (Å²) in [5, 5.41) is 10.6. The second-order valence-electron chi connectivity index (χ2n) is 10.4. The van der Waals surface area contributed by atoms with Gasteiger partial charge in [-0.15, -0.1) is 0 Å². The Morgan fingerprint density at radius 1 is 1.15 bits per heavy atom. The Kier molecular flexibility index (Phi) is 10.9. The molecule has 2 aliphatic heterocycles. The lowest BCUT2D eigenvalue weighted by Crippen LogP contribution is -2.64. The molecule has 2 heterocycles. The molecule has 4 atom stereocenters. The van der Waals surface area contributed by atoms with E-state index in [1.807, 2.05) is 13.8 Å². The lowest BCUT2D eigenvalue weighted by atomic mass is 10.0. The summed E-state index contributed by atoms with van der Waals surface area (Å²) in [5.41, 5.74) is 0.541. The van der Waals surface area contributed by atoms with E-state index < -0.39 is 43.7 Å². The Balaban J connectivity index is 1.76. The molecule has 2 saturated heterocycles. The van der Waals surface area contributed by atoms with Crippen LogP contribution in [0.2, 0.25) is 0 Å². The van der Waals surface area contributed by atoms with Crippen molar-refractivity contribution in [3.8, 4) is 5.75 Å². The zero-order chi connectivity index (χ0) is 30.3. The molecule has 226 valence electrons. The highest BCUT2D eigenvalue weighted by Gasteiger charge is 2.44. The molecule has 5 amide bonds. The van der Waals surface area contributed by atoms with Crippen LogP contribution >= 0.6 is 7.82 Å². The van der Waals surface area contributed by atoms with Crippen LogP contribution in [0.3, 0.4) is 0 Å². The highest BCUT2D eigenvalue weighted by Crippen LogP contribution is 2.37. The third-order valence-electron chi connectivity index (χ3n) is 7.08. The number of phosphoric acid groups is 1. The molecular formula is C26H38N5O9P. The molecule has 0 aromatic heterocycles. The van der Waals surface area contributed by atoms with Gasteiger partial charge in [-0.1, -0.05) is 32.4 Å². The van der Waals surface area contributed by atoms with Crippen LogP contribution in [0, 0.1) is 5.92 Å². The Labute approximate surface area is 238 Å². The van der Waals surface area contributed by atoms with E-state index in [0.717, 1.165) is 6.42 Å². The van der Waals surface area contributed by atoms with Gasteiger partial charge >= 0.3 is 7.82 Å². The fourth-order valence-corrected chi connectivity index (χ4v) is 5.13. The molecule has 0 aliphatic carbocycles. The van der Waals surface area contributed by atoms with Crippen molar-refractivity contribution in [2.75, 3.05) is 13.1 Å². The maximum atomic E-state index is 13.7. The van der Waals surface area contributed by atoms with Crippen molar-refractivity contribution in [2.24, 2.45) is 5.92 Å². The maximum Gasteiger partial charge on any atom is 0.524 e. The number of amides is 5. The first-order valence-electron chi connectivity index (χ1n) is 13.6. The number of hydrogen-bond acceptors (Lipinski definition) is 7. The number of hydrazine groups is 1. The number of carbonyl (C=O) groups is 5. The summed E-state index contributed by atoms with van der Waals surface area (Å²) in [6.07, 6.45) is 1.80. The van der Waals surface area contributed by atoms with E-state index in [2.05, 4.69) is 20.5 Å². The third kappa shape index (κ3) is 9.00. The minimum Gasteiger partial charge on any atom is -0.404 e. The van der Waals surface area contributed by atoms with Crippen LogP contribution in [0.4, 0.5) is 0 Å². The predicted molar refractivity (Wildman–Crippen MR) is 146 cm³/mol. The number of fused-ring (bicyclic) bond motifs is 1. The molecule has 15 heteroatoms. The smallest absolute Gasteiger partial charge is 0.404 e. The normalized spacial score (nSPS) is 20.8. The van der Waals surface area contributed by atoms with Gasteiger partial charge in [0.05, 0.1) is 0 Å². The van der Waals surface area contributed by atoms with E-state index in [0.29, 0.717) is 24.9 Å². The van der Waals surface area contributed by atoms with E-state index in [4.69, 9.17) is 9.79 Å². The fourth-order valence-electron chi connectivity index (χ4n) is 4.73. The Morgan fingerprint density at radius 3 is 2.44 bits per heavy atom. The van der Waals surface area contributed by atoms with Gasteiger partial charge in [-0.3, -0.25) is 38.8 Å². The molecule has 1 aromatic rings. The molecule has 5 N–H and O–H groups in total. The monoisotopic (exact) mass is 595 g/mol. The summed E-state index contributed by atoms with van der Waals surface area (Å²) < 4.78 is 15.6. The summed E-state index contributed by atoms with van der Waals surface area (Å²) >= 11 is 0. The van der Waals surface area contributed by atoms with Gasteiger partial charge in [0.2, 0.25) is 23.6 Å². The number of nitrogens with one attached hydrogen (secondary N) is 3. The summed E-state index contributed by atoms with van der Waals surface area (Å²) in [6.45, 7) is 5.97. The first-order chi connectivity index (χ1) is 19.3. The molecule has 14 nitrogen and oxygen atoms in total. The first-order valence-corrected chi connectivity index (χ1v) is 15.1. The van der Waals surface area contributed by atoms with Crippen molar-refractivity contribution in [1.29, 1.82) is 0 Å². The Hall–Kier alpha value is -3.48. The number of phosphoric ester groups is 1. The molecule has 0 unspecified atom stereocenters. The number of nitrogens with zero attached hydrogens (tertiary/aromatic N) is 2. The number of rotatable bonds is 11. The quantitative estimate of drug-likeness (QED) is 0.225. The average Bonchev–Trinajstić information content (AvgIpc) is 3.03. The Morgan fingerprint density at radius 2 is 1.83 bits per heavy atom. The van der Waals surface area contributed by atoms with Crippen molar-refractivity contribution in [1.82, 2.24) is 26.0 Å². The van der Waals surface area contributed by atoms with Crippen molar-refractivity contribution in [3.05, 3.63) is 29.8 Å². The Bertz CT molecular complexity index is 1190. The summed E-state index contributed by atoms with van der Waals surface area (Å²) in [5.74, 6) is -2.24. The van der Waals surface area contributed by atoms with Gasteiger partial charge < -0.3 is 20.5 Å². The van der Waals surface area contributed by atoms with E-state index in [1.54, 1.807) is 0 Å². The highest BCUT2D eigenvalue weighted by atomic mass is 31.2. The van der Waals surface area contributed by atoms with Crippen molar-refractivity contribution in [3.63, 3.8) is 0 Å². The standard InChI is InChI=1S/C26H38N5O9P/c1-4-16(2)15-27-25(35)22-6-5-13-30-23(33)12-11-20(26(36)31(22)30)29-24(34)21(28-17(3)32)14-18-7-9-19(10-8-18)40-41(37,38)39/h7-10,16,20-22H,4-6,11-15H2,1-3H3,(H,27,35)(H,28,32)(H,29,34)(H2,37,38,39)/t16-,20+,21+,22+/m1/s1. The molecule has 0 saturated carbocycles. The number of benzene rings is 1. The van der Waals surface area contributed by atoms with Crippen LogP contribution in [0.25, 0.3) is 0 Å². The van der Waals surface area contributed by atoms with Gasteiger partial charge in [-0.05, 0) is 42.9 Å². The van der Waals surface area contributed by atoms with E-state index in [1.165, 1.54) is 41.2 Å². The van der Waals surface area contributed by atoms with Gasteiger partial charge in [-0.2, -0.15) is 0 Å². The van der Waals surface area contributed by atoms with Gasteiger partial charge in [-0.25, -0.2) is 9.57 Å². The van der Waals surface area contributed by atoms with Crippen molar-refractivity contribution < 1.29 is 42.8 Å². The molecule has 3 rings (SSSR count). The molecule has 0 radical (unpaired) electrons. The molecule has 2 aliphatic rings. The second kappa shape index (κ2) is 13.9. The predicted octanol–water partition coefficient (Wildman–Crippen LogP) is 0.381. The largest absolute Gasteiger partial charge is 0.524 e. The van der Waals surface area contributed by atoms with E-state index >= 15 is 0 Å². The minimum absolute atomic E-state index is 0.00206.